The Kier molecular flexibility index (Phi) is 8.66. The number of rotatable bonds is 9. The van der Waals surface area contributed by atoms with E-state index < -0.39 is 0 Å². The molecular formula is C45H36N4S. The second-order valence-electron chi connectivity index (χ2n) is 12.4. The second-order valence-corrected chi connectivity index (χ2v) is 13.5. The fourth-order valence-electron chi connectivity index (χ4n) is 6.61. The third-order valence-corrected chi connectivity index (χ3v) is 10.4. The molecule has 8 aromatic rings. The van der Waals surface area contributed by atoms with Crippen LogP contribution < -0.4 is 16.8 Å². The Bertz CT molecular complexity index is 2400. The van der Waals surface area contributed by atoms with Gasteiger partial charge in [0.15, 0.2) is 0 Å². The van der Waals surface area contributed by atoms with Gasteiger partial charge in [0.05, 0.1) is 12.1 Å². The number of nitrogens with two attached hydrogens (primary N) is 2. The minimum atomic E-state index is -0.345. The Morgan fingerprint density at radius 3 is 1.82 bits per heavy atom. The van der Waals surface area contributed by atoms with E-state index in [0.717, 1.165) is 28.1 Å². The maximum atomic E-state index is 6.80. The molecule has 0 aliphatic rings. The zero-order chi connectivity index (χ0) is 33.9. The van der Waals surface area contributed by atoms with E-state index in [-0.39, 0.29) is 12.1 Å². The fraction of sp³-hybridized carbons (Fsp3) is 0.0444. The van der Waals surface area contributed by atoms with Crippen molar-refractivity contribution in [1.82, 2.24) is 0 Å². The molecule has 8 rings (SSSR count). The number of hydrogen-bond donors (Lipinski definition) is 3. The molecule has 0 fully saturated rings. The highest BCUT2D eigenvalue weighted by Crippen LogP contribution is 2.44. The second kappa shape index (κ2) is 13.8. The molecule has 1 heterocycles. The first kappa shape index (κ1) is 31.3. The van der Waals surface area contributed by atoms with E-state index in [1.54, 1.807) is 0 Å². The highest BCUT2D eigenvalue weighted by Gasteiger charge is 2.22. The van der Waals surface area contributed by atoms with Crippen molar-refractivity contribution >= 4 is 48.7 Å². The topological polar surface area (TPSA) is 76.4 Å². The summed E-state index contributed by atoms with van der Waals surface area (Å²) < 4.78 is 2.54. The van der Waals surface area contributed by atoms with Gasteiger partial charge < -0.3 is 16.8 Å². The molecule has 0 spiro atoms. The van der Waals surface area contributed by atoms with E-state index in [1.807, 2.05) is 72.0 Å². The summed E-state index contributed by atoms with van der Waals surface area (Å²) in [5.41, 5.74) is 23.1. The first-order valence-corrected chi connectivity index (χ1v) is 17.6. The van der Waals surface area contributed by atoms with E-state index in [4.69, 9.17) is 16.5 Å². The van der Waals surface area contributed by atoms with Crippen LogP contribution in [0.3, 0.4) is 0 Å². The normalized spacial score (nSPS) is 12.9. The Balaban J connectivity index is 1.13. The van der Waals surface area contributed by atoms with Crippen molar-refractivity contribution in [3.8, 4) is 22.3 Å². The van der Waals surface area contributed by atoms with Crippen molar-refractivity contribution in [3.05, 3.63) is 193 Å². The summed E-state index contributed by atoms with van der Waals surface area (Å²) in [7, 11) is 0. The number of nitrogens with one attached hydrogen (secondary N) is 1. The van der Waals surface area contributed by atoms with Gasteiger partial charge in [0.25, 0.3) is 0 Å². The molecule has 7 aromatic carbocycles. The van der Waals surface area contributed by atoms with Crippen LogP contribution in [-0.4, -0.2) is 5.84 Å². The van der Waals surface area contributed by atoms with Crippen molar-refractivity contribution in [2.24, 2.45) is 16.5 Å². The van der Waals surface area contributed by atoms with Gasteiger partial charge in [0.1, 0.15) is 5.84 Å². The first-order chi connectivity index (χ1) is 24.6. The molecule has 1 aromatic heterocycles. The molecule has 242 valence electrons. The third kappa shape index (κ3) is 6.28. The summed E-state index contributed by atoms with van der Waals surface area (Å²) in [6, 6.07) is 60.1. The summed E-state index contributed by atoms with van der Waals surface area (Å²) in [5.74, 6) is 0.447. The Morgan fingerprint density at radius 2 is 1.12 bits per heavy atom. The maximum absolute atomic E-state index is 6.80. The van der Waals surface area contributed by atoms with Crippen LogP contribution in [-0.2, 0) is 0 Å². The molecule has 0 radical (unpaired) electrons. The van der Waals surface area contributed by atoms with Crippen LogP contribution in [0, 0.1) is 0 Å². The molecule has 50 heavy (non-hydrogen) atoms. The lowest BCUT2D eigenvalue weighted by molar-refractivity contribution is 0.576. The number of amidine groups is 1. The molecule has 0 saturated heterocycles. The van der Waals surface area contributed by atoms with Gasteiger partial charge in [-0.2, -0.15) is 0 Å². The van der Waals surface area contributed by atoms with Crippen molar-refractivity contribution in [2.45, 2.75) is 12.1 Å². The minimum absolute atomic E-state index is 0.333. The Morgan fingerprint density at radius 1 is 0.540 bits per heavy atom. The third-order valence-electron chi connectivity index (χ3n) is 9.23. The maximum Gasteiger partial charge on any atom is 0.126 e. The summed E-state index contributed by atoms with van der Waals surface area (Å²) in [5, 5.41) is 6.27. The number of anilines is 2. The van der Waals surface area contributed by atoms with Crippen LogP contribution in [0.2, 0.25) is 0 Å². The average molecular weight is 665 g/mol. The lowest BCUT2D eigenvalue weighted by Crippen LogP contribution is -2.23. The van der Waals surface area contributed by atoms with Gasteiger partial charge in [-0.1, -0.05) is 140 Å². The predicted molar refractivity (Wildman–Crippen MR) is 213 cm³/mol. The number of fused-ring (bicyclic) bond motifs is 3. The molecule has 0 saturated carbocycles. The molecule has 5 heteroatoms. The zero-order valence-corrected chi connectivity index (χ0v) is 28.2. The average Bonchev–Trinajstić information content (AvgIpc) is 3.56. The summed E-state index contributed by atoms with van der Waals surface area (Å²) in [4.78, 5) is 4.99. The standard InChI is InChI=1S/C45H36N4S/c46-42(33-14-6-2-7-15-33)43(34-16-8-3-9-17-34)49-45(47)35-24-26-36(27-25-35)48-39-29-28-38-37-18-10-11-19-40(37)50-44(38)41(39)32-22-20-31(21-23-32)30-12-4-1-5-13-30/h1-29,42-43,48H,46H2,(H2,47,49)/t42?,43-/m1/s1. The first-order valence-electron chi connectivity index (χ1n) is 16.8. The zero-order valence-electron chi connectivity index (χ0n) is 27.4. The van der Waals surface area contributed by atoms with Crippen molar-refractivity contribution in [2.75, 3.05) is 5.32 Å². The highest BCUT2D eigenvalue weighted by molar-refractivity contribution is 7.26. The van der Waals surface area contributed by atoms with Gasteiger partial charge in [-0.15, -0.1) is 11.3 Å². The lowest BCUT2D eigenvalue weighted by atomic mass is 9.94. The van der Waals surface area contributed by atoms with E-state index in [2.05, 4.69) is 121 Å². The Labute approximate surface area is 296 Å². The van der Waals surface area contributed by atoms with Gasteiger partial charge in [-0.25, -0.2) is 0 Å². The number of hydrogen-bond acceptors (Lipinski definition) is 4. The number of benzene rings is 7. The van der Waals surface area contributed by atoms with Crippen LogP contribution in [0.1, 0.15) is 28.8 Å². The van der Waals surface area contributed by atoms with Crippen LogP contribution in [0.4, 0.5) is 11.4 Å². The SMILES string of the molecule is N/C(=N\[C@H](c1ccccc1)C(N)c1ccccc1)c1ccc(Nc2ccc3c(sc4ccccc43)c2-c2ccc(-c3ccccc3)cc2)cc1. The number of aliphatic imine (C=N–C) groups is 1. The molecule has 0 bridgehead atoms. The molecular weight excluding hydrogens is 629 g/mol. The van der Waals surface area contributed by atoms with Crippen LogP contribution in [0.5, 0.6) is 0 Å². The summed E-state index contributed by atoms with van der Waals surface area (Å²) in [6.07, 6.45) is 0. The van der Waals surface area contributed by atoms with Gasteiger partial charge in [-0.05, 0) is 64.2 Å². The molecule has 0 aliphatic heterocycles. The van der Waals surface area contributed by atoms with Crippen LogP contribution in [0.25, 0.3) is 42.4 Å². The van der Waals surface area contributed by atoms with E-state index >= 15 is 0 Å². The molecule has 2 atom stereocenters. The summed E-state index contributed by atoms with van der Waals surface area (Å²) in [6.45, 7) is 0. The van der Waals surface area contributed by atoms with E-state index in [0.29, 0.717) is 5.84 Å². The van der Waals surface area contributed by atoms with Gasteiger partial charge >= 0.3 is 0 Å². The van der Waals surface area contributed by atoms with Crippen molar-refractivity contribution in [3.63, 3.8) is 0 Å². The van der Waals surface area contributed by atoms with Crippen LogP contribution >= 0.6 is 11.3 Å². The molecule has 4 nitrogen and oxygen atoms in total. The van der Waals surface area contributed by atoms with Gasteiger partial charge in [-0.3, -0.25) is 4.99 Å². The number of thiophene rings is 1. The van der Waals surface area contributed by atoms with Crippen molar-refractivity contribution < 1.29 is 0 Å². The minimum Gasteiger partial charge on any atom is -0.383 e. The molecule has 1 unspecified atom stereocenters. The predicted octanol–water partition coefficient (Wildman–Crippen LogP) is 11.3. The monoisotopic (exact) mass is 664 g/mol. The van der Waals surface area contributed by atoms with E-state index in [9.17, 15) is 0 Å². The highest BCUT2D eigenvalue weighted by atomic mass is 32.1. The van der Waals surface area contributed by atoms with Crippen LogP contribution in [0.15, 0.2) is 181 Å². The van der Waals surface area contributed by atoms with E-state index in [1.165, 1.54) is 42.4 Å². The molecule has 5 N–H and O–H groups in total. The Hall–Kier alpha value is -6.01. The lowest BCUT2D eigenvalue weighted by Gasteiger charge is -2.22. The molecule has 0 aliphatic carbocycles. The molecule has 0 amide bonds. The van der Waals surface area contributed by atoms with Gasteiger partial charge in [0.2, 0.25) is 0 Å². The quantitative estimate of drug-likeness (QED) is 0.106. The smallest absolute Gasteiger partial charge is 0.126 e. The summed E-state index contributed by atoms with van der Waals surface area (Å²) >= 11 is 1.84. The fourth-order valence-corrected chi connectivity index (χ4v) is 7.89. The largest absolute Gasteiger partial charge is 0.383 e. The van der Waals surface area contributed by atoms with Gasteiger partial charge in [0, 0.05) is 42.7 Å². The van der Waals surface area contributed by atoms with Crippen molar-refractivity contribution in [1.29, 1.82) is 0 Å². The number of nitrogens with zero attached hydrogens (tertiary/aromatic N) is 1.